The van der Waals surface area contributed by atoms with Crippen LogP contribution in [0, 0.1) is 18.2 Å². The molecule has 0 radical (unpaired) electrons. The molecule has 4 heteroatoms. The largest absolute Gasteiger partial charge is 0.294 e. The molecule has 1 aromatic rings. The first-order chi connectivity index (χ1) is 11.2. The highest BCUT2D eigenvalue weighted by Gasteiger charge is 2.42. The highest BCUT2D eigenvalue weighted by molar-refractivity contribution is 8.01. The monoisotopic (exact) mass is 325 g/mol. The Bertz CT molecular complexity index is 802. The van der Waals surface area contributed by atoms with Crippen molar-refractivity contribution in [1.29, 1.82) is 0 Å². The molecule has 1 aromatic carbocycles. The number of hydrogen-bond donors (Lipinski definition) is 0. The molecule has 0 amide bonds. The summed E-state index contributed by atoms with van der Waals surface area (Å²) in [5, 5.41) is 0.187. The molecule has 0 spiro atoms. The maximum absolute atomic E-state index is 13.8. The number of hydrogen-bond acceptors (Lipinski definition) is 3. The van der Waals surface area contributed by atoms with Crippen molar-refractivity contribution in [2.75, 3.05) is 5.75 Å². The predicted octanol–water partition coefficient (Wildman–Crippen LogP) is 3.86. The number of aliphatic imine (C=N–C) groups is 1. The van der Waals surface area contributed by atoms with Gasteiger partial charge in [0.15, 0.2) is 5.78 Å². The van der Waals surface area contributed by atoms with E-state index in [1.807, 2.05) is 11.8 Å². The first-order valence-electron chi connectivity index (χ1n) is 7.90. The molecule has 116 valence electrons. The highest BCUT2D eigenvalue weighted by atomic mass is 32.2. The Hall–Kier alpha value is -1.86. The standard InChI is InChI=1S/C19H16FNOS/c1-2-11-10-12(6-7-13(11)20)17-18-14(4-3-5-16(18)22)21-15-8-9-23-19(15)17/h1,6-7,10,17,19H,3-5,8-9H2. The molecule has 4 rings (SSSR count). The fourth-order valence-electron chi connectivity index (χ4n) is 3.77. The second-order valence-corrected chi connectivity index (χ2v) is 7.39. The van der Waals surface area contributed by atoms with E-state index in [4.69, 9.17) is 11.4 Å². The maximum Gasteiger partial charge on any atom is 0.161 e. The maximum atomic E-state index is 13.8. The minimum Gasteiger partial charge on any atom is -0.294 e. The van der Waals surface area contributed by atoms with Gasteiger partial charge >= 0.3 is 0 Å². The summed E-state index contributed by atoms with van der Waals surface area (Å²) in [4.78, 5) is 17.4. The van der Waals surface area contributed by atoms with E-state index >= 15 is 0 Å². The van der Waals surface area contributed by atoms with Crippen molar-refractivity contribution in [1.82, 2.24) is 0 Å². The Labute approximate surface area is 139 Å². The summed E-state index contributed by atoms with van der Waals surface area (Å²) in [5.41, 5.74) is 4.18. The number of nitrogens with zero attached hydrogens (tertiary/aromatic N) is 1. The minimum atomic E-state index is -0.385. The fourth-order valence-corrected chi connectivity index (χ4v) is 5.20. The number of halogens is 1. The topological polar surface area (TPSA) is 29.4 Å². The molecular weight excluding hydrogens is 309 g/mol. The van der Waals surface area contributed by atoms with Crippen LogP contribution in [0.5, 0.6) is 0 Å². The van der Waals surface area contributed by atoms with Crippen molar-refractivity contribution in [2.45, 2.75) is 36.9 Å². The number of terminal acetylenes is 1. The lowest BCUT2D eigenvalue weighted by molar-refractivity contribution is -0.116. The molecule has 2 unspecified atom stereocenters. The average molecular weight is 325 g/mol. The molecule has 23 heavy (non-hydrogen) atoms. The first-order valence-corrected chi connectivity index (χ1v) is 8.95. The van der Waals surface area contributed by atoms with Gasteiger partial charge in [0.05, 0.1) is 10.8 Å². The van der Waals surface area contributed by atoms with Gasteiger partial charge in [-0.2, -0.15) is 11.8 Å². The van der Waals surface area contributed by atoms with Crippen LogP contribution >= 0.6 is 11.8 Å². The van der Waals surface area contributed by atoms with Crippen LogP contribution in [0.1, 0.15) is 42.7 Å². The highest BCUT2D eigenvalue weighted by Crippen LogP contribution is 2.47. The molecule has 1 fully saturated rings. The number of Topliss-reactive ketones (excluding diaryl/α,β-unsaturated/α-hetero) is 1. The molecule has 0 saturated carbocycles. The zero-order chi connectivity index (χ0) is 16.0. The molecule has 2 heterocycles. The lowest BCUT2D eigenvalue weighted by Crippen LogP contribution is -2.32. The summed E-state index contributed by atoms with van der Waals surface area (Å²) in [6.07, 6.45) is 8.71. The number of carbonyl (C=O) groups is 1. The van der Waals surface area contributed by atoms with E-state index in [0.29, 0.717) is 6.42 Å². The summed E-state index contributed by atoms with van der Waals surface area (Å²) in [6.45, 7) is 0. The molecule has 1 saturated heterocycles. The van der Waals surface area contributed by atoms with Crippen LogP contribution in [0.15, 0.2) is 34.5 Å². The molecule has 0 N–H and O–H groups in total. The fraction of sp³-hybridized carbons (Fsp3) is 0.368. The molecule has 3 aliphatic rings. The number of thioether (sulfide) groups is 1. The Morgan fingerprint density at radius 3 is 3.00 bits per heavy atom. The summed E-state index contributed by atoms with van der Waals surface area (Å²) < 4.78 is 13.8. The van der Waals surface area contributed by atoms with Crippen molar-refractivity contribution in [2.24, 2.45) is 4.99 Å². The molecule has 2 aliphatic heterocycles. The van der Waals surface area contributed by atoms with Gasteiger partial charge in [0.1, 0.15) is 5.82 Å². The average Bonchev–Trinajstić information content (AvgIpc) is 3.02. The molecule has 0 aromatic heterocycles. The van der Waals surface area contributed by atoms with E-state index in [2.05, 4.69) is 5.92 Å². The van der Waals surface area contributed by atoms with Gasteiger partial charge in [-0.15, -0.1) is 6.42 Å². The van der Waals surface area contributed by atoms with Crippen LogP contribution in [-0.2, 0) is 4.79 Å². The van der Waals surface area contributed by atoms with E-state index < -0.39 is 0 Å². The smallest absolute Gasteiger partial charge is 0.161 e. The normalized spacial score (nSPS) is 26.4. The predicted molar refractivity (Wildman–Crippen MR) is 91.3 cm³/mol. The number of rotatable bonds is 1. The third-order valence-corrected chi connectivity index (χ3v) is 6.15. The zero-order valence-corrected chi connectivity index (χ0v) is 13.5. The Morgan fingerprint density at radius 1 is 1.30 bits per heavy atom. The molecule has 2 atom stereocenters. The number of carbonyl (C=O) groups excluding carboxylic acids is 1. The molecule has 0 bridgehead atoms. The summed E-state index contributed by atoms with van der Waals surface area (Å²) in [5.74, 6) is 3.20. The Balaban J connectivity index is 1.88. The number of benzene rings is 1. The molecule has 2 nitrogen and oxygen atoms in total. The van der Waals surface area contributed by atoms with Gasteiger partial charge in [-0.3, -0.25) is 9.79 Å². The van der Waals surface area contributed by atoms with Crippen molar-refractivity contribution in [3.8, 4) is 12.3 Å². The third kappa shape index (κ3) is 2.35. The zero-order valence-electron chi connectivity index (χ0n) is 12.6. The minimum absolute atomic E-state index is 0.0366. The second-order valence-electron chi connectivity index (χ2n) is 6.14. The van der Waals surface area contributed by atoms with Crippen LogP contribution in [0.25, 0.3) is 0 Å². The van der Waals surface area contributed by atoms with Gasteiger partial charge in [0, 0.05) is 29.3 Å². The third-order valence-electron chi connectivity index (χ3n) is 4.81. The van der Waals surface area contributed by atoms with Crippen LogP contribution in [0.4, 0.5) is 4.39 Å². The van der Waals surface area contributed by atoms with Gasteiger partial charge in [0.25, 0.3) is 0 Å². The molecular formula is C19H16FNOS. The number of ketones is 1. The second kappa shape index (κ2) is 5.65. The quantitative estimate of drug-likeness (QED) is 0.734. The first kappa shape index (κ1) is 14.7. The van der Waals surface area contributed by atoms with Gasteiger partial charge < -0.3 is 0 Å². The van der Waals surface area contributed by atoms with Gasteiger partial charge in [-0.25, -0.2) is 4.39 Å². The van der Waals surface area contributed by atoms with E-state index in [0.717, 1.165) is 41.8 Å². The van der Waals surface area contributed by atoms with Crippen LogP contribution < -0.4 is 0 Å². The SMILES string of the molecule is C#Cc1cc(C2C3=C(CCCC3=O)N=C3CCSC32)ccc1F. The Morgan fingerprint density at radius 2 is 2.17 bits per heavy atom. The van der Waals surface area contributed by atoms with Crippen molar-refractivity contribution in [3.63, 3.8) is 0 Å². The van der Waals surface area contributed by atoms with Crippen molar-refractivity contribution in [3.05, 3.63) is 46.4 Å². The van der Waals surface area contributed by atoms with E-state index in [1.54, 1.807) is 12.1 Å². The number of allylic oxidation sites excluding steroid dienone is 2. The van der Waals surface area contributed by atoms with E-state index in [-0.39, 0.29) is 28.3 Å². The summed E-state index contributed by atoms with van der Waals surface area (Å²) in [6, 6.07) is 4.92. The van der Waals surface area contributed by atoms with Gasteiger partial charge in [-0.1, -0.05) is 12.0 Å². The van der Waals surface area contributed by atoms with Crippen molar-refractivity contribution < 1.29 is 9.18 Å². The van der Waals surface area contributed by atoms with Crippen LogP contribution in [0.3, 0.4) is 0 Å². The van der Waals surface area contributed by atoms with Gasteiger partial charge in [-0.05, 0) is 42.7 Å². The summed E-state index contributed by atoms with van der Waals surface area (Å²) in [7, 11) is 0. The van der Waals surface area contributed by atoms with Crippen LogP contribution in [0.2, 0.25) is 0 Å². The Kier molecular flexibility index (Phi) is 3.61. The van der Waals surface area contributed by atoms with E-state index in [9.17, 15) is 9.18 Å². The number of fused-ring (bicyclic) bond motifs is 1. The molecule has 1 aliphatic carbocycles. The van der Waals surface area contributed by atoms with E-state index in [1.165, 1.54) is 11.8 Å². The van der Waals surface area contributed by atoms with Gasteiger partial charge in [0.2, 0.25) is 0 Å². The lowest BCUT2D eigenvalue weighted by atomic mass is 9.77. The lowest BCUT2D eigenvalue weighted by Gasteiger charge is -2.33. The summed E-state index contributed by atoms with van der Waals surface area (Å²) >= 11 is 1.84. The van der Waals surface area contributed by atoms with Crippen LogP contribution in [-0.4, -0.2) is 22.5 Å². The van der Waals surface area contributed by atoms with Crippen molar-refractivity contribution >= 4 is 23.3 Å².